The Balaban J connectivity index is 1.81. The lowest BCUT2D eigenvalue weighted by molar-refractivity contribution is -0.605. The van der Waals surface area contributed by atoms with Crippen molar-refractivity contribution < 1.29 is 28.7 Å². The van der Waals surface area contributed by atoms with Gasteiger partial charge in [0.15, 0.2) is 19.2 Å². The van der Waals surface area contributed by atoms with Gasteiger partial charge in [0.05, 0.1) is 17.1 Å². The molecule has 0 fully saturated rings. The van der Waals surface area contributed by atoms with Gasteiger partial charge in [-0.15, -0.1) is 0 Å². The smallest absolute Gasteiger partial charge is 0.338 e. The molecule has 2 aromatic rings. The van der Waals surface area contributed by atoms with E-state index in [1.807, 2.05) is 0 Å². The highest BCUT2D eigenvalue weighted by molar-refractivity contribution is 5.89. The third kappa shape index (κ3) is 3.25. The van der Waals surface area contributed by atoms with E-state index in [0.717, 1.165) is 0 Å². The molecule has 1 aromatic carbocycles. The normalized spacial score (nSPS) is 12.8. The lowest BCUT2D eigenvalue weighted by Crippen LogP contribution is -2.24. The van der Waals surface area contributed by atoms with E-state index in [2.05, 4.69) is 0 Å². The number of carbonyl (C=O) groups is 1. The summed E-state index contributed by atoms with van der Waals surface area (Å²) in [6, 6.07) is 5.31. The first-order valence-corrected chi connectivity index (χ1v) is 6.91. The van der Waals surface area contributed by atoms with E-state index in [1.165, 1.54) is 36.7 Å². The fourth-order valence-electron chi connectivity index (χ4n) is 2.27. The molecule has 0 saturated carbocycles. The number of fused-ring (bicyclic) bond motifs is 1. The number of non-ortho nitro benzene ring substituents is 1. The van der Waals surface area contributed by atoms with E-state index in [-0.39, 0.29) is 31.3 Å². The van der Waals surface area contributed by atoms with Gasteiger partial charge in [-0.3, -0.25) is 10.1 Å². The third-order valence-corrected chi connectivity index (χ3v) is 3.38. The highest BCUT2D eigenvalue weighted by Gasteiger charge is 2.22. The van der Waals surface area contributed by atoms with Crippen LogP contribution in [0.5, 0.6) is 5.75 Å². The Morgan fingerprint density at radius 3 is 2.79 bits per heavy atom. The first-order valence-electron chi connectivity index (χ1n) is 6.91. The zero-order chi connectivity index (χ0) is 17.1. The first-order chi connectivity index (χ1) is 11.5. The van der Waals surface area contributed by atoms with Gasteiger partial charge in [-0.1, -0.05) is 0 Å². The molecule has 1 aliphatic rings. The van der Waals surface area contributed by atoms with Crippen molar-refractivity contribution in [3.05, 3.63) is 68.7 Å². The van der Waals surface area contributed by atoms with Crippen molar-refractivity contribution in [1.29, 1.82) is 0 Å². The zero-order valence-electron chi connectivity index (χ0n) is 12.3. The number of carbonyl (C=O) groups excluding carboxylic acids is 1. The van der Waals surface area contributed by atoms with Crippen molar-refractivity contribution in [3.63, 3.8) is 0 Å². The summed E-state index contributed by atoms with van der Waals surface area (Å²) >= 11 is 0. The molecular formula is C15H12N2O7. The topological polar surface area (TPSA) is 115 Å². The molecule has 0 atom stereocenters. The minimum atomic E-state index is -0.650. The summed E-state index contributed by atoms with van der Waals surface area (Å²) in [5.74, 6) is -0.229. The molecule has 0 aliphatic carbocycles. The Kier molecular flexibility index (Phi) is 4.25. The summed E-state index contributed by atoms with van der Waals surface area (Å²) in [5.41, 5.74) is 0.964. The second-order valence-electron chi connectivity index (χ2n) is 4.98. The van der Waals surface area contributed by atoms with Crippen LogP contribution in [0.25, 0.3) is 0 Å². The van der Waals surface area contributed by atoms with Crippen LogP contribution >= 0.6 is 0 Å². The Hall–Kier alpha value is -3.20. The molecule has 3 rings (SSSR count). The van der Waals surface area contributed by atoms with E-state index in [0.29, 0.717) is 21.6 Å². The van der Waals surface area contributed by atoms with Crippen LogP contribution in [-0.4, -0.2) is 17.7 Å². The van der Waals surface area contributed by atoms with Crippen LogP contribution in [0.3, 0.4) is 0 Å². The number of nitro benzene ring substituents is 1. The van der Waals surface area contributed by atoms with Crippen LogP contribution in [0, 0.1) is 15.3 Å². The number of nitro groups is 1. The van der Waals surface area contributed by atoms with Gasteiger partial charge in [0.2, 0.25) is 0 Å². The lowest BCUT2D eigenvalue weighted by Gasteiger charge is -2.20. The fourth-order valence-corrected chi connectivity index (χ4v) is 2.27. The molecule has 0 amide bonds. The molecule has 1 aliphatic heterocycles. The van der Waals surface area contributed by atoms with Gasteiger partial charge in [-0.2, -0.15) is 4.73 Å². The molecule has 0 spiro atoms. The molecule has 2 heterocycles. The number of rotatable bonds is 4. The molecule has 1 aromatic heterocycles. The highest BCUT2D eigenvalue weighted by Crippen LogP contribution is 2.33. The molecule has 0 saturated heterocycles. The highest BCUT2D eigenvalue weighted by atomic mass is 16.7. The number of hydrogen-bond donors (Lipinski definition) is 0. The molecule has 9 nitrogen and oxygen atoms in total. The second kappa shape index (κ2) is 6.50. The SMILES string of the molecule is O=C(OCc1cc([N+](=O)[O-])cc2c1OCOC2)c1cc[n+]([O-])cc1. The standard InChI is InChI=1S/C15H12N2O7/c18-15(10-1-3-16(19)4-2-10)23-8-12-6-13(17(20)21)5-11-7-22-9-24-14(11)12/h1-6H,7-9H2. The van der Waals surface area contributed by atoms with E-state index < -0.39 is 10.9 Å². The Morgan fingerprint density at radius 2 is 2.08 bits per heavy atom. The lowest BCUT2D eigenvalue weighted by atomic mass is 10.1. The average Bonchev–Trinajstić information content (AvgIpc) is 2.59. The van der Waals surface area contributed by atoms with E-state index in [9.17, 15) is 20.1 Å². The fraction of sp³-hybridized carbons (Fsp3) is 0.200. The third-order valence-electron chi connectivity index (χ3n) is 3.38. The van der Waals surface area contributed by atoms with E-state index in [1.54, 1.807) is 0 Å². The predicted octanol–water partition coefficient (Wildman–Crippen LogP) is 1.45. The van der Waals surface area contributed by atoms with Crippen LogP contribution in [0.15, 0.2) is 36.7 Å². The monoisotopic (exact) mass is 332 g/mol. The number of esters is 1. The second-order valence-corrected chi connectivity index (χ2v) is 4.98. The van der Waals surface area contributed by atoms with Crippen molar-refractivity contribution in [2.75, 3.05) is 6.79 Å². The van der Waals surface area contributed by atoms with Crippen LogP contribution < -0.4 is 9.47 Å². The maximum atomic E-state index is 12.0. The predicted molar refractivity (Wildman–Crippen MR) is 77.9 cm³/mol. The first kappa shape index (κ1) is 15.7. The summed E-state index contributed by atoms with van der Waals surface area (Å²) in [6.45, 7) is 0.00318. The molecule has 0 unspecified atom stereocenters. The number of pyridine rings is 1. The van der Waals surface area contributed by atoms with Crippen LogP contribution in [-0.2, 0) is 22.7 Å². The minimum Gasteiger partial charge on any atom is -0.619 e. The Bertz CT molecular complexity index is 789. The number of aromatic nitrogens is 1. The molecule has 0 N–H and O–H groups in total. The average molecular weight is 332 g/mol. The van der Waals surface area contributed by atoms with Gasteiger partial charge in [0.1, 0.15) is 12.4 Å². The van der Waals surface area contributed by atoms with Gasteiger partial charge in [0.25, 0.3) is 5.69 Å². The summed E-state index contributed by atoms with van der Waals surface area (Å²) in [4.78, 5) is 22.5. The summed E-state index contributed by atoms with van der Waals surface area (Å²) < 4.78 is 16.2. The van der Waals surface area contributed by atoms with Gasteiger partial charge >= 0.3 is 5.97 Å². The van der Waals surface area contributed by atoms with Gasteiger partial charge < -0.3 is 19.4 Å². The quantitative estimate of drug-likeness (QED) is 0.273. The van der Waals surface area contributed by atoms with Crippen molar-refractivity contribution in [2.45, 2.75) is 13.2 Å². The Morgan fingerprint density at radius 1 is 1.33 bits per heavy atom. The van der Waals surface area contributed by atoms with Gasteiger partial charge in [-0.25, -0.2) is 4.79 Å². The number of hydrogen-bond acceptors (Lipinski definition) is 7. The maximum Gasteiger partial charge on any atom is 0.338 e. The van der Waals surface area contributed by atoms with Crippen molar-refractivity contribution in [2.24, 2.45) is 0 Å². The van der Waals surface area contributed by atoms with Crippen molar-refractivity contribution in [1.82, 2.24) is 0 Å². The number of benzene rings is 1. The number of nitrogens with zero attached hydrogens (tertiary/aromatic N) is 2. The molecule has 9 heteroatoms. The van der Waals surface area contributed by atoms with Crippen molar-refractivity contribution >= 4 is 11.7 Å². The van der Waals surface area contributed by atoms with E-state index in [4.69, 9.17) is 14.2 Å². The zero-order valence-corrected chi connectivity index (χ0v) is 12.3. The summed E-state index contributed by atoms with van der Waals surface area (Å²) in [6.07, 6.45) is 2.35. The summed E-state index contributed by atoms with van der Waals surface area (Å²) in [7, 11) is 0. The van der Waals surface area contributed by atoms with E-state index >= 15 is 0 Å². The molecule has 0 radical (unpaired) electrons. The van der Waals surface area contributed by atoms with Gasteiger partial charge in [0, 0.05) is 35.4 Å². The molecule has 124 valence electrons. The molecule has 24 heavy (non-hydrogen) atoms. The number of ether oxygens (including phenoxy) is 3. The van der Waals surface area contributed by atoms with Crippen LogP contribution in [0.2, 0.25) is 0 Å². The minimum absolute atomic E-state index is 0.0218. The van der Waals surface area contributed by atoms with Crippen LogP contribution in [0.1, 0.15) is 21.5 Å². The molecule has 0 bridgehead atoms. The maximum absolute atomic E-state index is 12.0. The van der Waals surface area contributed by atoms with Crippen molar-refractivity contribution in [3.8, 4) is 5.75 Å². The summed E-state index contributed by atoms with van der Waals surface area (Å²) in [5, 5.41) is 22.0. The Labute approximate surface area is 135 Å². The van der Waals surface area contributed by atoms with Crippen LogP contribution in [0.4, 0.5) is 5.69 Å². The molecular weight excluding hydrogens is 320 g/mol. The largest absolute Gasteiger partial charge is 0.619 e. The van der Waals surface area contributed by atoms with Gasteiger partial charge in [-0.05, 0) is 0 Å².